The number of thioether (sulfide) groups is 1. The van der Waals surface area contributed by atoms with Crippen LogP contribution < -0.4 is 4.90 Å². The molecule has 1 N–H and O–H groups in total. The minimum Gasteiger partial charge on any atom is -0.325 e. The number of aromatic nitrogens is 3. The number of rotatable bonds is 8. The smallest absolute Gasteiger partial charge is 0.257 e. The molecule has 1 fully saturated rings. The highest BCUT2D eigenvalue weighted by Gasteiger charge is 2.45. The first kappa shape index (κ1) is 21.8. The molecule has 2 atom stereocenters. The van der Waals surface area contributed by atoms with Gasteiger partial charge in [0.05, 0.1) is 17.4 Å². The lowest BCUT2D eigenvalue weighted by atomic mass is 10.1. The highest BCUT2D eigenvalue weighted by molar-refractivity contribution is 8.00. The molecule has 1 saturated heterocycles. The lowest BCUT2D eigenvalue weighted by molar-refractivity contribution is -0.138. The van der Waals surface area contributed by atoms with Gasteiger partial charge in [0.1, 0.15) is 12.4 Å². The summed E-state index contributed by atoms with van der Waals surface area (Å²) < 4.78 is 0. The molecule has 3 aromatic rings. The molecule has 3 amide bonds. The first-order valence-electron chi connectivity index (χ1n) is 10.4. The van der Waals surface area contributed by atoms with Crippen LogP contribution in [0.2, 0.25) is 0 Å². The Bertz CT molecular complexity index is 1080. The molecule has 1 aromatic heterocycles. The summed E-state index contributed by atoms with van der Waals surface area (Å²) in [5.74, 6) is -0.906. The molecule has 0 bridgehead atoms. The van der Waals surface area contributed by atoms with Crippen LogP contribution >= 0.6 is 11.8 Å². The van der Waals surface area contributed by atoms with Crippen molar-refractivity contribution in [2.75, 3.05) is 4.90 Å². The summed E-state index contributed by atoms with van der Waals surface area (Å²) in [6.45, 7) is 2.14. The van der Waals surface area contributed by atoms with E-state index in [-0.39, 0.29) is 30.7 Å². The van der Waals surface area contributed by atoms with E-state index < -0.39 is 11.3 Å². The van der Waals surface area contributed by atoms with Crippen LogP contribution in [0.4, 0.5) is 5.69 Å². The summed E-state index contributed by atoms with van der Waals surface area (Å²) in [5, 5.41) is 6.66. The van der Waals surface area contributed by atoms with Crippen molar-refractivity contribution in [3.8, 4) is 0 Å². The van der Waals surface area contributed by atoms with Crippen LogP contribution in [0.5, 0.6) is 0 Å². The molecular weight excluding hydrogens is 426 g/mol. The molecule has 0 saturated carbocycles. The Morgan fingerprint density at radius 2 is 1.84 bits per heavy atom. The monoisotopic (exact) mass is 449 g/mol. The van der Waals surface area contributed by atoms with Gasteiger partial charge in [-0.15, -0.1) is 0 Å². The van der Waals surface area contributed by atoms with Crippen LogP contribution in [0.3, 0.4) is 0 Å². The average Bonchev–Trinajstić information content (AvgIpc) is 3.44. The number of amides is 3. The largest absolute Gasteiger partial charge is 0.325 e. The molecule has 164 valence electrons. The fourth-order valence-electron chi connectivity index (χ4n) is 3.71. The van der Waals surface area contributed by atoms with Crippen molar-refractivity contribution in [1.29, 1.82) is 0 Å². The summed E-state index contributed by atoms with van der Waals surface area (Å²) in [7, 11) is 0. The number of aromatic amines is 1. The zero-order chi connectivity index (χ0) is 22.5. The Morgan fingerprint density at radius 1 is 1.16 bits per heavy atom. The van der Waals surface area contributed by atoms with Gasteiger partial charge in [-0.2, -0.15) is 5.10 Å². The predicted octanol–water partition coefficient (Wildman–Crippen LogP) is 3.04. The third kappa shape index (κ3) is 4.57. The molecule has 0 aliphatic carbocycles. The van der Waals surface area contributed by atoms with Gasteiger partial charge in [0.15, 0.2) is 5.16 Å². The zero-order valence-electron chi connectivity index (χ0n) is 17.5. The van der Waals surface area contributed by atoms with Gasteiger partial charge in [-0.3, -0.25) is 19.5 Å². The quantitative estimate of drug-likeness (QED) is 0.419. The molecular formula is C23H23N5O3S. The molecule has 2 aromatic carbocycles. The molecule has 32 heavy (non-hydrogen) atoms. The summed E-state index contributed by atoms with van der Waals surface area (Å²) in [6, 6.07) is 17.4. The molecule has 4 rings (SSSR count). The van der Waals surface area contributed by atoms with E-state index in [1.165, 1.54) is 27.9 Å². The minimum atomic E-state index is -0.861. The number of benzene rings is 2. The van der Waals surface area contributed by atoms with Crippen LogP contribution in [-0.2, 0) is 20.9 Å². The summed E-state index contributed by atoms with van der Waals surface area (Å²) >= 11 is 1.27. The van der Waals surface area contributed by atoms with Crippen LogP contribution in [-0.4, -0.2) is 49.1 Å². The first-order chi connectivity index (χ1) is 15.6. The zero-order valence-corrected chi connectivity index (χ0v) is 18.4. The maximum atomic E-state index is 13.6. The van der Waals surface area contributed by atoms with Crippen LogP contribution in [0.25, 0.3) is 0 Å². The van der Waals surface area contributed by atoms with Gasteiger partial charge in [-0.05, 0) is 24.1 Å². The van der Waals surface area contributed by atoms with Crippen molar-refractivity contribution < 1.29 is 14.4 Å². The number of imide groups is 1. The number of para-hydroxylation sites is 1. The number of carbonyl (C=O) groups excluding carboxylic acids is 3. The van der Waals surface area contributed by atoms with Crippen LogP contribution in [0.1, 0.15) is 25.3 Å². The number of H-pyrrole nitrogens is 1. The predicted molar refractivity (Wildman–Crippen MR) is 121 cm³/mol. The van der Waals surface area contributed by atoms with Crippen LogP contribution in [0.15, 0.2) is 72.1 Å². The fourth-order valence-corrected chi connectivity index (χ4v) is 4.59. The number of nitrogens with one attached hydrogen (secondary N) is 1. The lowest BCUT2D eigenvalue weighted by Crippen LogP contribution is -2.48. The Kier molecular flexibility index (Phi) is 6.65. The molecule has 9 heteroatoms. The van der Waals surface area contributed by atoms with E-state index in [0.29, 0.717) is 17.3 Å². The topological polar surface area (TPSA) is 99.3 Å². The highest BCUT2D eigenvalue weighted by Crippen LogP contribution is 2.30. The minimum absolute atomic E-state index is 0.0459. The molecule has 8 nitrogen and oxygen atoms in total. The highest BCUT2D eigenvalue weighted by atomic mass is 32.2. The van der Waals surface area contributed by atoms with Gasteiger partial charge >= 0.3 is 0 Å². The Labute approximate surface area is 190 Å². The fraction of sp³-hybridized carbons (Fsp3) is 0.261. The summed E-state index contributed by atoms with van der Waals surface area (Å²) in [4.78, 5) is 46.6. The number of anilines is 1. The van der Waals surface area contributed by atoms with Gasteiger partial charge in [-0.1, -0.05) is 67.2 Å². The number of nitrogens with zero attached hydrogens (tertiary/aromatic N) is 4. The van der Waals surface area contributed by atoms with Crippen molar-refractivity contribution >= 4 is 35.2 Å². The Hall–Kier alpha value is -3.46. The van der Waals surface area contributed by atoms with E-state index >= 15 is 0 Å². The second-order valence-corrected chi connectivity index (χ2v) is 8.57. The third-order valence-electron chi connectivity index (χ3n) is 5.29. The first-order valence-corrected chi connectivity index (χ1v) is 11.2. The molecule has 1 aliphatic rings. The van der Waals surface area contributed by atoms with E-state index in [2.05, 4.69) is 15.2 Å². The molecule has 0 spiro atoms. The Morgan fingerprint density at radius 3 is 2.47 bits per heavy atom. The normalized spacial score (nSPS) is 16.9. The van der Waals surface area contributed by atoms with Crippen molar-refractivity contribution in [2.24, 2.45) is 0 Å². The van der Waals surface area contributed by atoms with Gasteiger partial charge in [0, 0.05) is 6.54 Å². The molecule has 0 radical (unpaired) electrons. The maximum Gasteiger partial charge on any atom is 0.257 e. The Balaban J connectivity index is 1.64. The third-order valence-corrected chi connectivity index (χ3v) is 6.52. The van der Waals surface area contributed by atoms with Gasteiger partial charge in [0.25, 0.3) is 5.91 Å². The maximum absolute atomic E-state index is 13.6. The molecule has 2 heterocycles. The standard InChI is InChI=1S/C23H23N5O3S/c1-2-19(32-23-24-15-25-26-23)22(31)27(14-16-9-5-3-6-10-16)18-13-20(29)28(21(18)30)17-11-7-4-8-12-17/h3-12,15,18-19H,2,13-14H2,1H3,(H,24,25,26). The number of carbonyl (C=O) groups is 3. The van der Waals surface area contributed by atoms with E-state index in [1.807, 2.05) is 43.3 Å². The number of hydrogen-bond acceptors (Lipinski definition) is 6. The van der Waals surface area contributed by atoms with Crippen molar-refractivity contribution in [3.05, 3.63) is 72.6 Å². The molecule has 2 unspecified atom stereocenters. The number of hydrogen-bond donors (Lipinski definition) is 1. The van der Waals surface area contributed by atoms with Crippen LogP contribution in [0, 0.1) is 0 Å². The van der Waals surface area contributed by atoms with E-state index in [9.17, 15) is 14.4 Å². The summed E-state index contributed by atoms with van der Waals surface area (Å²) in [5.41, 5.74) is 1.40. The molecule has 1 aliphatic heterocycles. The van der Waals surface area contributed by atoms with Crippen molar-refractivity contribution in [1.82, 2.24) is 20.1 Å². The second kappa shape index (κ2) is 9.78. The van der Waals surface area contributed by atoms with Gasteiger partial charge < -0.3 is 4.90 Å². The SMILES string of the molecule is CCC(Sc1ncn[nH]1)C(=O)N(Cc1ccccc1)C1CC(=O)N(c2ccccc2)C1=O. The average molecular weight is 450 g/mol. The van der Waals surface area contributed by atoms with Gasteiger partial charge in [-0.25, -0.2) is 9.88 Å². The summed E-state index contributed by atoms with van der Waals surface area (Å²) in [6.07, 6.45) is 1.88. The van der Waals surface area contributed by atoms with Gasteiger partial charge in [0.2, 0.25) is 11.8 Å². The van der Waals surface area contributed by atoms with E-state index in [1.54, 1.807) is 24.3 Å². The van der Waals surface area contributed by atoms with E-state index in [4.69, 9.17) is 0 Å². The second-order valence-electron chi connectivity index (χ2n) is 7.38. The lowest BCUT2D eigenvalue weighted by Gasteiger charge is -2.30. The van der Waals surface area contributed by atoms with E-state index in [0.717, 1.165) is 5.56 Å². The van der Waals surface area contributed by atoms with Crippen molar-refractivity contribution in [3.63, 3.8) is 0 Å². The van der Waals surface area contributed by atoms with Crippen molar-refractivity contribution in [2.45, 2.75) is 42.8 Å².